The van der Waals surface area contributed by atoms with Crippen LogP contribution < -0.4 is 0 Å². The van der Waals surface area contributed by atoms with Crippen LogP contribution in [0.25, 0.3) is 0 Å². The molecule has 0 aromatic carbocycles. The molecule has 0 radical (unpaired) electrons. The summed E-state index contributed by atoms with van der Waals surface area (Å²) in [5.74, 6) is 0. The average molecular weight is 136 g/mol. The molecule has 0 aromatic rings. The number of aldehydes is 1. The molecule has 0 atom stereocenters. The van der Waals surface area contributed by atoms with E-state index in [0.717, 1.165) is 31.1 Å². The SMILES string of the molecule is C/C=C1/C=C(C=O)CCC1. The summed E-state index contributed by atoms with van der Waals surface area (Å²) >= 11 is 0. The van der Waals surface area contributed by atoms with Crippen molar-refractivity contribution in [3.05, 3.63) is 23.3 Å². The van der Waals surface area contributed by atoms with Crippen molar-refractivity contribution in [3.63, 3.8) is 0 Å². The van der Waals surface area contributed by atoms with Crippen LogP contribution in [0.2, 0.25) is 0 Å². The summed E-state index contributed by atoms with van der Waals surface area (Å²) in [4.78, 5) is 10.3. The van der Waals surface area contributed by atoms with Gasteiger partial charge in [0, 0.05) is 0 Å². The Balaban J connectivity index is 2.75. The average Bonchev–Trinajstić information content (AvgIpc) is 2.05. The van der Waals surface area contributed by atoms with E-state index >= 15 is 0 Å². The van der Waals surface area contributed by atoms with Crippen molar-refractivity contribution in [3.8, 4) is 0 Å². The van der Waals surface area contributed by atoms with Gasteiger partial charge in [0.15, 0.2) is 0 Å². The Morgan fingerprint density at radius 2 is 2.30 bits per heavy atom. The van der Waals surface area contributed by atoms with Gasteiger partial charge >= 0.3 is 0 Å². The van der Waals surface area contributed by atoms with Crippen molar-refractivity contribution in [2.24, 2.45) is 0 Å². The zero-order chi connectivity index (χ0) is 7.40. The largest absolute Gasteiger partial charge is 0.298 e. The van der Waals surface area contributed by atoms with Crippen LogP contribution in [0.1, 0.15) is 26.2 Å². The second-order valence-electron chi connectivity index (χ2n) is 2.55. The van der Waals surface area contributed by atoms with Gasteiger partial charge in [-0.2, -0.15) is 0 Å². The second kappa shape index (κ2) is 3.35. The van der Waals surface area contributed by atoms with Gasteiger partial charge in [0.05, 0.1) is 0 Å². The summed E-state index contributed by atoms with van der Waals surface area (Å²) in [5, 5.41) is 0. The molecule has 0 N–H and O–H groups in total. The predicted octanol–water partition coefficient (Wildman–Crippen LogP) is 2.24. The molecule has 0 aliphatic heterocycles. The van der Waals surface area contributed by atoms with Gasteiger partial charge in [-0.3, -0.25) is 4.79 Å². The van der Waals surface area contributed by atoms with Gasteiger partial charge in [-0.05, 0) is 31.8 Å². The molecule has 0 fully saturated rings. The van der Waals surface area contributed by atoms with Crippen molar-refractivity contribution < 1.29 is 4.79 Å². The van der Waals surface area contributed by atoms with Gasteiger partial charge in [0.2, 0.25) is 0 Å². The van der Waals surface area contributed by atoms with E-state index in [1.807, 2.05) is 13.0 Å². The Kier molecular flexibility index (Phi) is 2.43. The van der Waals surface area contributed by atoms with Crippen molar-refractivity contribution in [1.82, 2.24) is 0 Å². The van der Waals surface area contributed by atoms with Gasteiger partial charge in [-0.1, -0.05) is 17.7 Å². The molecule has 1 nitrogen and oxygen atoms in total. The highest BCUT2D eigenvalue weighted by atomic mass is 16.1. The van der Waals surface area contributed by atoms with Crippen LogP contribution in [0.5, 0.6) is 0 Å². The highest BCUT2D eigenvalue weighted by Gasteiger charge is 2.04. The lowest BCUT2D eigenvalue weighted by atomic mass is 9.96. The maximum atomic E-state index is 10.3. The first-order valence-electron chi connectivity index (χ1n) is 3.67. The zero-order valence-electron chi connectivity index (χ0n) is 6.26. The number of rotatable bonds is 1. The standard InChI is InChI=1S/C9H12O/c1-2-8-4-3-5-9(6-8)7-10/h2,6-7H,3-5H2,1H3/b8-2+. The van der Waals surface area contributed by atoms with Crippen molar-refractivity contribution in [2.75, 3.05) is 0 Å². The van der Waals surface area contributed by atoms with Crippen molar-refractivity contribution >= 4 is 6.29 Å². The minimum Gasteiger partial charge on any atom is -0.298 e. The van der Waals surface area contributed by atoms with Crippen LogP contribution in [-0.4, -0.2) is 6.29 Å². The molecule has 1 aliphatic carbocycles. The summed E-state index contributed by atoms with van der Waals surface area (Å²) in [6.07, 6.45) is 8.25. The Morgan fingerprint density at radius 3 is 2.90 bits per heavy atom. The number of hydrogen-bond donors (Lipinski definition) is 0. The summed E-state index contributed by atoms with van der Waals surface area (Å²) in [5.41, 5.74) is 2.24. The maximum Gasteiger partial charge on any atom is 0.146 e. The lowest BCUT2D eigenvalue weighted by Gasteiger charge is -2.09. The molecule has 1 aliphatic rings. The van der Waals surface area contributed by atoms with E-state index in [-0.39, 0.29) is 0 Å². The number of hydrogen-bond acceptors (Lipinski definition) is 1. The van der Waals surface area contributed by atoms with Crippen LogP contribution in [0, 0.1) is 0 Å². The van der Waals surface area contributed by atoms with Crippen LogP contribution >= 0.6 is 0 Å². The van der Waals surface area contributed by atoms with Crippen LogP contribution in [-0.2, 0) is 4.79 Å². The number of allylic oxidation sites excluding steroid dienone is 4. The summed E-state index contributed by atoms with van der Waals surface area (Å²) in [6.45, 7) is 2.01. The van der Waals surface area contributed by atoms with Gasteiger partial charge in [-0.15, -0.1) is 0 Å². The summed E-state index contributed by atoms with van der Waals surface area (Å²) in [7, 11) is 0. The smallest absolute Gasteiger partial charge is 0.146 e. The van der Waals surface area contributed by atoms with Crippen LogP contribution in [0.15, 0.2) is 23.3 Å². The van der Waals surface area contributed by atoms with E-state index in [2.05, 4.69) is 6.08 Å². The lowest BCUT2D eigenvalue weighted by Crippen LogP contribution is -1.94. The summed E-state index contributed by atoms with van der Waals surface area (Å²) < 4.78 is 0. The van der Waals surface area contributed by atoms with Gasteiger partial charge in [-0.25, -0.2) is 0 Å². The topological polar surface area (TPSA) is 17.1 Å². The van der Waals surface area contributed by atoms with Gasteiger partial charge < -0.3 is 0 Å². The molecule has 1 rings (SSSR count). The highest BCUT2D eigenvalue weighted by molar-refractivity contribution is 5.74. The first-order chi connectivity index (χ1) is 4.86. The fourth-order valence-corrected chi connectivity index (χ4v) is 1.20. The summed E-state index contributed by atoms with van der Waals surface area (Å²) in [6, 6.07) is 0. The normalized spacial score (nSPS) is 22.5. The van der Waals surface area contributed by atoms with E-state index in [9.17, 15) is 4.79 Å². The monoisotopic (exact) mass is 136 g/mol. The number of carbonyl (C=O) groups excluding carboxylic acids is 1. The molecular weight excluding hydrogens is 124 g/mol. The van der Waals surface area contributed by atoms with E-state index in [0.29, 0.717) is 0 Å². The maximum absolute atomic E-state index is 10.3. The first-order valence-corrected chi connectivity index (χ1v) is 3.67. The van der Waals surface area contributed by atoms with Crippen LogP contribution in [0.3, 0.4) is 0 Å². The molecule has 0 saturated carbocycles. The Hall–Kier alpha value is -0.850. The van der Waals surface area contributed by atoms with Crippen molar-refractivity contribution in [1.29, 1.82) is 0 Å². The molecular formula is C9H12O. The molecule has 0 spiro atoms. The Bertz CT molecular complexity index is 187. The molecule has 0 saturated heterocycles. The first kappa shape index (κ1) is 7.26. The van der Waals surface area contributed by atoms with Gasteiger partial charge in [0.25, 0.3) is 0 Å². The fourth-order valence-electron chi connectivity index (χ4n) is 1.20. The second-order valence-corrected chi connectivity index (χ2v) is 2.55. The third kappa shape index (κ3) is 1.56. The van der Waals surface area contributed by atoms with Crippen molar-refractivity contribution in [2.45, 2.75) is 26.2 Å². The molecule has 0 aromatic heterocycles. The van der Waals surface area contributed by atoms with E-state index < -0.39 is 0 Å². The van der Waals surface area contributed by atoms with E-state index in [1.165, 1.54) is 5.57 Å². The fraction of sp³-hybridized carbons (Fsp3) is 0.444. The third-order valence-electron chi connectivity index (χ3n) is 1.82. The zero-order valence-corrected chi connectivity index (χ0v) is 6.26. The third-order valence-corrected chi connectivity index (χ3v) is 1.82. The quantitative estimate of drug-likeness (QED) is 0.505. The Labute approximate surface area is 61.4 Å². The highest BCUT2D eigenvalue weighted by Crippen LogP contribution is 2.20. The molecule has 0 amide bonds. The minimum absolute atomic E-state index is 0.944. The molecule has 0 unspecified atom stereocenters. The molecule has 54 valence electrons. The molecule has 0 heterocycles. The molecule has 1 heteroatoms. The predicted molar refractivity (Wildman–Crippen MR) is 41.8 cm³/mol. The Morgan fingerprint density at radius 1 is 1.50 bits per heavy atom. The molecule has 10 heavy (non-hydrogen) atoms. The molecule has 0 bridgehead atoms. The lowest BCUT2D eigenvalue weighted by molar-refractivity contribution is -0.105. The van der Waals surface area contributed by atoms with E-state index in [4.69, 9.17) is 0 Å². The van der Waals surface area contributed by atoms with E-state index in [1.54, 1.807) is 0 Å². The van der Waals surface area contributed by atoms with Gasteiger partial charge in [0.1, 0.15) is 6.29 Å². The number of carbonyl (C=O) groups is 1. The van der Waals surface area contributed by atoms with Crippen LogP contribution in [0.4, 0.5) is 0 Å². The minimum atomic E-state index is 0.944.